The maximum Gasteiger partial charge on any atom is 0.314 e. The Morgan fingerprint density at radius 2 is 2.00 bits per heavy atom. The van der Waals surface area contributed by atoms with E-state index in [9.17, 15) is 9.59 Å². The van der Waals surface area contributed by atoms with E-state index >= 15 is 0 Å². The average molecular weight is 401 g/mol. The number of furan rings is 1. The van der Waals surface area contributed by atoms with Gasteiger partial charge in [-0.2, -0.15) is 0 Å². The largest absolute Gasteiger partial charge is 0.497 e. The number of nitrogens with zero attached hydrogens (tertiary/aromatic N) is 1. The lowest BCUT2D eigenvalue weighted by Gasteiger charge is -2.40. The zero-order chi connectivity index (χ0) is 20.9. The molecule has 1 amide bonds. The number of amides is 1. The molecule has 2 heterocycles. The van der Waals surface area contributed by atoms with Crippen LogP contribution in [0.5, 0.6) is 11.7 Å². The van der Waals surface area contributed by atoms with E-state index in [1.54, 1.807) is 31.1 Å². The van der Waals surface area contributed by atoms with Gasteiger partial charge in [0.25, 0.3) is 11.9 Å². The van der Waals surface area contributed by atoms with Gasteiger partial charge in [-0.15, -0.1) is 0 Å². The number of likely N-dealkylation sites (tertiary alicyclic amines) is 1. The van der Waals surface area contributed by atoms with Gasteiger partial charge in [-0.1, -0.05) is 12.1 Å². The predicted molar refractivity (Wildman–Crippen MR) is 106 cm³/mol. The van der Waals surface area contributed by atoms with Gasteiger partial charge in [0.15, 0.2) is 5.76 Å². The minimum absolute atomic E-state index is 0.197. The summed E-state index contributed by atoms with van der Waals surface area (Å²) in [5.74, 6) is 0.666. The summed E-state index contributed by atoms with van der Waals surface area (Å²) >= 11 is 0. The molecule has 3 rings (SSSR count). The number of methoxy groups -OCH3 is 2. The van der Waals surface area contributed by atoms with Crippen LogP contribution >= 0.6 is 0 Å². The molecule has 1 fully saturated rings. The average Bonchev–Trinajstić information content (AvgIpc) is 3.23. The minimum Gasteiger partial charge on any atom is -0.497 e. The maximum absolute atomic E-state index is 13.0. The van der Waals surface area contributed by atoms with E-state index in [0.717, 1.165) is 11.3 Å². The van der Waals surface area contributed by atoms with Crippen molar-refractivity contribution < 1.29 is 28.2 Å². The lowest BCUT2D eigenvalue weighted by Crippen LogP contribution is -2.51. The first kappa shape index (κ1) is 20.8. The topological polar surface area (TPSA) is 78.2 Å². The Kier molecular flexibility index (Phi) is 6.46. The molecule has 1 aromatic carbocycles. The third kappa shape index (κ3) is 4.55. The molecule has 1 saturated heterocycles. The zero-order valence-corrected chi connectivity index (χ0v) is 17.1. The molecule has 2 aromatic rings. The Labute approximate surface area is 170 Å². The summed E-state index contributed by atoms with van der Waals surface area (Å²) in [6.07, 6.45) is 1.81. The predicted octanol–water partition coefficient (Wildman–Crippen LogP) is 3.33. The normalized spacial score (nSPS) is 18.9. The summed E-state index contributed by atoms with van der Waals surface area (Å²) < 4.78 is 21.2. The van der Waals surface area contributed by atoms with Crippen LogP contribution in [0.25, 0.3) is 0 Å². The molecule has 0 radical (unpaired) electrons. The lowest BCUT2D eigenvalue weighted by atomic mass is 9.75. The fourth-order valence-electron chi connectivity index (χ4n) is 3.85. The van der Waals surface area contributed by atoms with Crippen LogP contribution in [0.1, 0.15) is 35.9 Å². The van der Waals surface area contributed by atoms with Gasteiger partial charge in [0.05, 0.1) is 26.2 Å². The monoisotopic (exact) mass is 401 g/mol. The molecule has 7 nitrogen and oxygen atoms in total. The number of carbonyl (C=O) groups is 2. The van der Waals surface area contributed by atoms with Crippen molar-refractivity contribution in [3.63, 3.8) is 0 Å². The first-order chi connectivity index (χ1) is 14.0. The van der Waals surface area contributed by atoms with Gasteiger partial charge in [-0.25, -0.2) is 0 Å². The standard InChI is InChI=1S/C22H27NO6/c1-4-28-21(25)22(14-16-7-5-8-17(13-16)26-2)11-6-12-23(15-22)20(24)18-9-10-19(27-3)29-18/h5,7-10,13H,4,6,11-12,14-15H2,1-3H3/t22-/m1/s1. The second kappa shape index (κ2) is 9.03. The van der Waals surface area contributed by atoms with E-state index in [0.29, 0.717) is 32.4 Å². The molecule has 29 heavy (non-hydrogen) atoms. The van der Waals surface area contributed by atoms with Crippen molar-refractivity contribution in [1.82, 2.24) is 4.90 Å². The van der Waals surface area contributed by atoms with Gasteiger partial charge in [-0.3, -0.25) is 9.59 Å². The third-order valence-corrected chi connectivity index (χ3v) is 5.24. The van der Waals surface area contributed by atoms with Crippen molar-refractivity contribution in [2.24, 2.45) is 5.41 Å². The number of ether oxygens (including phenoxy) is 3. The first-order valence-corrected chi connectivity index (χ1v) is 9.74. The van der Waals surface area contributed by atoms with Crippen LogP contribution in [0, 0.1) is 5.41 Å². The van der Waals surface area contributed by atoms with Gasteiger partial charge < -0.3 is 23.5 Å². The number of hydrogen-bond acceptors (Lipinski definition) is 6. The molecule has 1 aliphatic rings. The van der Waals surface area contributed by atoms with Crippen LogP contribution in [0.3, 0.4) is 0 Å². The molecule has 0 N–H and O–H groups in total. The first-order valence-electron chi connectivity index (χ1n) is 9.74. The zero-order valence-electron chi connectivity index (χ0n) is 17.1. The lowest BCUT2D eigenvalue weighted by molar-refractivity contribution is -0.158. The highest BCUT2D eigenvalue weighted by Gasteiger charge is 2.45. The summed E-state index contributed by atoms with van der Waals surface area (Å²) in [6.45, 7) is 2.91. The molecule has 0 saturated carbocycles. The molecule has 1 atom stereocenters. The SMILES string of the molecule is CCOC(=O)[C@@]1(Cc2cccc(OC)c2)CCCN(C(=O)c2ccc(OC)o2)C1. The van der Waals surface area contributed by atoms with Gasteiger partial charge in [0, 0.05) is 19.2 Å². The Hall–Kier alpha value is -2.96. The maximum atomic E-state index is 13.0. The van der Waals surface area contributed by atoms with Crippen molar-refractivity contribution in [2.75, 3.05) is 33.9 Å². The Morgan fingerprint density at radius 1 is 1.17 bits per heavy atom. The number of hydrogen-bond donors (Lipinski definition) is 0. The van der Waals surface area contributed by atoms with E-state index in [1.165, 1.54) is 7.11 Å². The fraction of sp³-hybridized carbons (Fsp3) is 0.455. The van der Waals surface area contributed by atoms with E-state index < -0.39 is 5.41 Å². The number of benzene rings is 1. The van der Waals surface area contributed by atoms with Crippen LogP contribution in [-0.4, -0.2) is 50.7 Å². The fourth-order valence-corrected chi connectivity index (χ4v) is 3.85. The number of carbonyl (C=O) groups excluding carboxylic acids is 2. The molecule has 0 aliphatic carbocycles. The van der Waals surface area contributed by atoms with Crippen molar-refractivity contribution in [3.05, 3.63) is 47.7 Å². The molecule has 0 bridgehead atoms. The molecular weight excluding hydrogens is 374 g/mol. The second-order valence-electron chi connectivity index (χ2n) is 7.18. The van der Waals surface area contributed by atoms with E-state index in [1.807, 2.05) is 24.3 Å². The highest BCUT2D eigenvalue weighted by Crippen LogP contribution is 2.36. The van der Waals surface area contributed by atoms with Gasteiger partial charge in [-0.05, 0) is 49.9 Å². The highest BCUT2D eigenvalue weighted by molar-refractivity contribution is 5.92. The quantitative estimate of drug-likeness (QED) is 0.663. The Bertz CT molecular complexity index is 860. The smallest absolute Gasteiger partial charge is 0.314 e. The molecular formula is C22H27NO6. The minimum atomic E-state index is -0.813. The summed E-state index contributed by atoms with van der Waals surface area (Å²) in [5, 5.41) is 0. The second-order valence-corrected chi connectivity index (χ2v) is 7.18. The van der Waals surface area contributed by atoms with Crippen LogP contribution in [0.15, 0.2) is 40.8 Å². The van der Waals surface area contributed by atoms with Gasteiger partial charge in [0.1, 0.15) is 5.75 Å². The summed E-state index contributed by atoms with van der Waals surface area (Å²) in [7, 11) is 3.09. The Balaban J connectivity index is 1.86. The molecule has 7 heteroatoms. The summed E-state index contributed by atoms with van der Waals surface area (Å²) in [6, 6.07) is 10.8. The van der Waals surface area contributed by atoms with E-state index in [4.69, 9.17) is 18.6 Å². The molecule has 1 aromatic heterocycles. The van der Waals surface area contributed by atoms with Crippen molar-refractivity contribution in [2.45, 2.75) is 26.2 Å². The summed E-state index contributed by atoms with van der Waals surface area (Å²) in [4.78, 5) is 27.6. The van der Waals surface area contributed by atoms with E-state index in [2.05, 4.69) is 0 Å². The number of esters is 1. The van der Waals surface area contributed by atoms with Crippen LogP contribution < -0.4 is 9.47 Å². The number of rotatable bonds is 7. The molecule has 156 valence electrons. The van der Waals surface area contributed by atoms with Crippen LogP contribution in [0.4, 0.5) is 0 Å². The van der Waals surface area contributed by atoms with Crippen LogP contribution in [0.2, 0.25) is 0 Å². The Morgan fingerprint density at radius 3 is 2.69 bits per heavy atom. The number of piperidine rings is 1. The van der Waals surface area contributed by atoms with E-state index in [-0.39, 0.29) is 30.1 Å². The third-order valence-electron chi connectivity index (χ3n) is 5.24. The van der Waals surface area contributed by atoms with Crippen molar-refractivity contribution in [3.8, 4) is 11.7 Å². The van der Waals surface area contributed by atoms with Crippen molar-refractivity contribution in [1.29, 1.82) is 0 Å². The van der Waals surface area contributed by atoms with Crippen LogP contribution in [-0.2, 0) is 16.0 Å². The molecule has 1 aliphatic heterocycles. The molecule has 0 spiro atoms. The van der Waals surface area contributed by atoms with Gasteiger partial charge in [0.2, 0.25) is 0 Å². The molecule has 0 unspecified atom stereocenters. The van der Waals surface area contributed by atoms with Crippen molar-refractivity contribution >= 4 is 11.9 Å². The van der Waals surface area contributed by atoms with Gasteiger partial charge >= 0.3 is 5.97 Å². The summed E-state index contributed by atoms with van der Waals surface area (Å²) in [5.41, 5.74) is 0.152. The highest BCUT2D eigenvalue weighted by atomic mass is 16.6.